The van der Waals surface area contributed by atoms with Crippen molar-refractivity contribution in [2.45, 2.75) is 6.92 Å². The number of rotatable bonds is 4. The van der Waals surface area contributed by atoms with E-state index in [2.05, 4.69) is 0 Å². The van der Waals surface area contributed by atoms with E-state index in [1.54, 1.807) is 13.0 Å². The maximum Gasteiger partial charge on any atom is 0.331 e. The fourth-order valence-corrected chi connectivity index (χ4v) is 1.81. The van der Waals surface area contributed by atoms with Gasteiger partial charge in [-0.1, -0.05) is 30.3 Å². The SMILES string of the molecule is CCOC(=O)/C=C(/[C]1[CH][CH][CH][CH]1)c1ccccc1. The van der Waals surface area contributed by atoms with Crippen molar-refractivity contribution in [3.05, 3.63) is 73.6 Å². The molecule has 0 N–H and O–H groups in total. The summed E-state index contributed by atoms with van der Waals surface area (Å²) in [5.41, 5.74) is 1.90. The highest BCUT2D eigenvalue weighted by molar-refractivity contribution is 5.96. The second-order valence-electron chi connectivity index (χ2n) is 3.85. The average molecular weight is 239 g/mol. The molecule has 0 unspecified atom stereocenters. The molecule has 1 saturated carbocycles. The van der Waals surface area contributed by atoms with E-state index in [0.717, 1.165) is 17.1 Å². The van der Waals surface area contributed by atoms with Gasteiger partial charge in [0.05, 0.1) is 6.61 Å². The molecule has 0 atom stereocenters. The Bertz CT molecular complexity index is 414. The van der Waals surface area contributed by atoms with E-state index in [1.165, 1.54) is 0 Å². The summed E-state index contributed by atoms with van der Waals surface area (Å²) >= 11 is 0. The first kappa shape index (κ1) is 12.9. The quantitative estimate of drug-likeness (QED) is 0.596. The Morgan fingerprint density at radius 3 is 2.44 bits per heavy atom. The highest BCUT2D eigenvalue weighted by Gasteiger charge is 2.23. The predicted molar refractivity (Wildman–Crippen MR) is 71.5 cm³/mol. The monoisotopic (exact) mass is 239 g/mol. The number of carbonyl (C=O) groups excluding carboxylic acids is 1. The molecule has 0 bridgehead atoms. The topological polar surface area (TPSA) is 26.3 Å². The molecule has 0 aromatic heterocycles. The van der Waals surface area contributed by atoms with E-state index in [1.807, 2.05) is 56.0 Å². The second kappa shape index (κ2) is 6.39. The Hall–Kier alpha value is -1.57. The van der Waals surface area contributed by atoms with Gasteiger partial charge in [0.25, 0.3) is 0 Å². The van der Waals surface area contributed by atoms with Crippen LogP contribution in [0.15, 0.2) is 36.4 Å². The summed E-state index contributed by atoms with van der Waals surface area (Å²) in [5, 5.41) is 0. The number of hydrogen-bond donors (Lipinski definition) is 0. The van der Waals surface area contributed by atoms with Gasteiger partial charge in [0.2, 0.25) is 0 Å². The largest absolute Gasteiger partial charge is 0.463 e. The number of benzene rings is 1. The minimum atomic E-state index is -0.308. The Morgan fingerprint density at radius 1 is 1.17 bits per heavy atom. The van der Waals surface area contributed by atoms with Crippen molar-refractivity contribution in [1.82, 2.24) is 0 Å². The van der Waals surface area contributed by atoms with E-state index >= 15 is 0 Å². The third-order valence-electron chi connectivity index (χ3n) is 2.61. The maximum atomic E-state index is 11.6. The lowest BCUT2D eigenvalue weighted by Crippen LogP contribution is -2.04. The van der Waals surface area contributed by atoms with E-state index in [0.29, 0.717) is 6.61 Å². The van der Waals surface area contributed by atoms with E-state index in [4.69, 9.17) is 4.74 Å². The van der Waals surface area contributed by atoms with Crippen molar-refractivity contribution in [3.63, 3.8) is 0 Å². The minimum Gasteiger partial charge on any atom is -0.463 e. The van der Waals surface area contributed by atoms with Gasteiger partial charge in [-0.05, 0) is 43.7 Å². The van der Waals surface area contributed by atoms with E-state index in [9.17, 15) is 4.79 Å². The van der Waals surface area contributed by atoms with Gasteiger partial charge in [-0.15, -0.1) is 0 Å². The van der Waals surface area contributed by atoms with Crippen LogP contribution in [0, 0.1) is 31.6 Å². The number of ether oxygens (including phenoxy) is 1. The molecule has 1 aromatic carbocycles. The van der Waals surface area contributed by atoms with Crippen LogP contribution in [-0.4, -0.2) is 12.6 Å². The molecular weight excluding hydrogens is 224 g/mol. The molecule has 0 aliphatic heterocycles. The molecule has 2 nitrogen and oxygen atoms in total. The molecule has 1 fully saturated rings. The molecular formula is C16H15O2. The molecule has 2 heteroatoms. The molecule has 2 rings (SSSR count). The molecule has 5 radical (unpaired) electrons. The minimum absolute atomic E-state index is 0.308. The van der Waals surface area contributed by atoms with Gasteiger partial charge in [-0.2, -0.15) is 0 Å². The molecule has 0 heterocycles. The molecule has 18 heavy (non-hydrogen) atoms. The van der Waals surface area contributed by atoms with Crippen LogP contribution in [0.1, 0.15) is 12.5 Å². The second-order valence-corrected chi connectivity index (χ2v) is 3.85. The summed E-state index contributed by atoms with van der Waals surface area (Å²) in [6, 6.07) is 9.83. The van der Waals surface area contributed by atoms with Crippen LogP contribution in [0.2, 0.25) is 0 Å². The van der Waals surface area contributed by atoms with Crippen LogP contribution in [-0.2, 0) is 9.53 Å². The van der Waals surface area contributed by atoms with Crippen LogP contribution in [0.25, 0.3) is 5.57 Å². The van der Waals surface area contributed by atoms with Gasteiger partial charge in [0.1, 0.15) is 0 Å². The summed E-state index contributed by atoms with van der Waals surface area (Å²) in [6.07, 6.45) is 9.43. The van der Waals surface area contributed by atoms with Crippen LogP contribution in [0.4, 0.5) is 0 Å². The van der Waals surface area contributed by atoms with Crippen LogP contribution >= 0.6 is 0 Å². The standard InChI is InChI=1S/C16H15O2/c1-2-18-16(17)12-15(14-10-6-7-11-14)13-8-4-3-5-9-13/h3-12H,2H2,1H3/b15-12+. The van der Waals surface area contributed by atoms with Gasteiger partial charge >= 0.3 is 5.97 Å². The molecule has 91 valence electrons. The molecule has 1 aromatic rings. The lowest BCUT2D eigenvalue weighted by molar-refractivity contribution is -0.137. The lowest BCUT2D eigenvalue weighted by atomic mass is 9.91. The van der Waals surface area contributed by atoms with E-state index < -0.39 is 0 Å². The Morgan fingerprint density at radius 2 is 1.83 bits per heavy atom. The van der Waals surface area contributed by atoms with Gasteiger partial charge in [0, 0.05) is 12.0 Å². The summed E-state index contributed by atoms with van der Waals surface area (Å²) in [4.78, 5) is 11.6. The van der Waals surface area contributed by atoms with Gasteiger partial charge in [-0.3, -0.25) is 0 Å². The Kier molecular flexibility index (Phi) is 4.57. The molecule has 1 aliphatic carbocycles. The van der Waals surface area contributed by atoms with Crippen LogP contribution in [0.3, 0.4) is 0 Å². The highest BCUT2D eigenvalue weighted by Crippen LogP contribution is 2.36. The molecule has 1 aliphatic rings. The summed E-state index contributed by atoms with van der Waals surface area (Å²) in [5.74, 6) is 0.715. The first-order valence-corrected chi connectivity index (χ1v) is 5.97. The number of carbonyl (C=O) groups is 1. The summed E-state index contributed by atoms with van der Waals surface area (Å²) in [6.45, 7) is 2.19. The third kappa shape index (κ3) is 3.22. The van der Waals surface area contributed by atoms with Crippen LogP contribution < -0.4 is 0 Å². The Labute approximate surface area is 109 Å². The van der Waals surface area contributed by atoms with Gasteiger partial charge in [0.15, 0.2) is 0 Å². The number of hydrogen-bond acceptors (Lipinski definition) is 2. The van der Waals surface area contributed by atoms with Crippen molar-refractivity contribution in [1.29, 1.82) is 0 Å². The zero-order valence-electron chi connectivity index (χ0n) is 10.3. The maximum absolute atomic E-state index is 11.6. The zero-order valence-corrected chi connectivity index (χ0v) is 10.3. The van der Waals surface area contributed by atoms with Crippen molar-refractivity contribution in [2.24, 2.45) is 0 Å². The number of allylic oxidation sites excluding steroid dienone is 1. The fraction of sp³-hybridized carbons (Fsp3) is 0.125. The van der Waals surface area contributed by atoms with Gasteiger partial charge < -0.3 is 4.74 Å². The van der Waals surface area contributed by atoms with Crippen molar-refractivity contribution in [2.75, 3.05) is 6.61 Å². The summed E-state index contributed by atoms with van der Waals surface area (Å²) in [7, 11) is 0. The Balaban J connectivity index is 2.25. The van der Waals surface area contributed by atoms with Crippen molar-refractivity contribution >= 4 is 11.5 Å². The lowest BCUT2D eigenvalue weighted by Gasteiger charge is -2.13. The summed E-state index contributed by atoms with van der Waals surface area (Å²) < 4.78 is 4.98. The molecule has 0 amide bonds. The van der Waals surface area contributed by atoms with Crippen molar-refractivity contribution < 1.29 is 9.53 Å². The zero-order chi connectivity index (χ0) is 12.8. The molecule has 0 saturated heterocycles. The fourth-order valence-electron chi connectivity index (χ4n) is 1.81. The predicted octanol–water partition coefficient (Wildman–Crippen LogP) is 3.04. The average Bonchev–Trinajstić information content (AvgIpc) is 2.91. The third-order valence-corrected chi connectivity index (χ3v) is 2.61. The van der Waals surface area contributed by atoms with Gasteiger partial charge in [-0.25, -0.2) is 4.79 Å². The highest BCUT2D eigenvalue weighted by atomic mass is 16.5. The first-order valence-electron chi connectivity index (χ1n) is 5.97. The van der Waals surface area contributed by atoms with Crippen LogP contribution in [0.5, 0.6) is 0 Å². The van der Waals surface area contributed by atoms with E-state index in [-0.39, 0.29) is 5.97 Å². The molecule has 0 spiro atoms. The first-order chi connectivity index (χ1) is 8.81. The van der Waals surface area contributed by atoms with Crippen molar-refractivity contribution in [3.8, 4) is 0 Å². The smallest absolute Gasteiger partial charge is 0.331 e. The normalized spacial score (nSPS) is 16.8. The number of esters is 1.